The molecule has 15 nitrogen and oxygen atoms in total. The van der Waals surface area contributed by atoms with Gasteiger partial charge in [-0.1, -0.05) is 32.3 Å². The van der Waals surface area contributed by atoms with Crippen molar-refractivity contribution in [3.05, 3.63) is 65.2 Å². The Hall–Kier alpha value is -4.67. The molecule has 2 aromatic heterocycles. The smallest absolute Gasteiger partial charge is 0.272 e. The van der Waals surface area contributed by atoms with Gasteiger partial charge in [0.25, 0.3) is 21.9 Å². The fourth-order valence-electron chi connectivity index (χ4n) is 9.89. The van der Waals surface area contributed by atoms with Crippen molar-refractivity contribution in [1.82, 2.24) is 19.8 Å². The van der Waals surface area contributed by atoms with Crippen LogP contribution in [0.25, 0.3) is 0 Å². The molecule has 3 aromatic rings. The van der Waals surface area contributed by atoms with Crippen LogP contribution in [-0.2, 0) is 44.4 Å². The summed E-state index contributed by atoms with van der Waals surface area (Å²) in [4.78, 5) is 50.7. The standard InChI is InChI=1S/C42H58N6O9S/c1-42-16-14-32-31-11-10-30(49)20-27(31)19-26(39(32)33(42)12-13-36(42)50)9-7-5-6-8-17-43-38(52)23-44-40(53)34-22-29(25-47(34)2)46-41(54)35-21-28(24-48(35)3)45-37(51)15-18-58(55,56)57-4/h10-11,20-22,24-26,32-33,36,39,49-50H,5-9,12-19,23H2,1-4H3,(H,43,52)(H,44,53)(H,45,51)(H,46,54)/t26-,32-,33+,36+,39-,42+/m1/s1. The van der Waals surface area contributed by atoms with Crippen molar-refractivity contribution in [2.24, 2.45) is 37.3 Å². The summed E-state index contributed by atoms with van der Waals surface area (Å²) < 4.78 is 30.4. The molecule has 0 radical (unpaired) electrons. The van der Waals surface area contributed by atoms with Crippen molar-refractivity contribution in [3.8, 4) is 5.75 Å². The predicted molar refractivity (Wildman–Crippen MR) is 219 cm³/mol. The van der Waals surface area contributed by atoms with Gasteiger partial charge in [-0.2, -0.15) is 8.42 Å². The molecule has 6 N–H and O–H groups in total. The topological polar surface area (TPSA) is 210 Å². The van der Waals surface area contributed by atoms with Crippen molar-refractivity contribution in [1.29, 1.82) is 0 Å². The zero-order valence-corrected chi connectivity index (χ0v) is 34.7. The van der Waals surface area contributed by atoms with E-state index in [0.717, 1.165) is 71.3 Å². The zero-order chi connectivity index (χ0) is 41.8. The lowest BCUT2D eigenvalue weighted by molar-refractivity contribution is -0.120. The lowest BCUT2D eigenvalue weighted by atomic mass is 9.52. The number of phenolic OH excluding ortho intramolecular Hbond substituents is 1. The van der Waals surface area contributed by atoms with Crippen LogP contribution in [0.15, 0.2) is 42.7 Å². The number of aryl methyl sites for hydroxylation is 2. The maximum absolute atomic E-state index is 13.0. The summed E-state index contributed by atoms with van der Waals surface area (Å²) in [6.07, 6.45) is 12.7. The first kappa shape index (κ1) is 42.9. The molecule has 2 heterocycles. The van der Waals surface area contributed by atoms with Gasteiger partial charge in [0.2, 0.25) is 11.8 Å². The highest BCUT2D eigenvalue weighted by Gasteiger charge is 2.56. The third-order valence-corrected chi connectivity index (χ3v) is 14.1. The van der Waals surface area contributed by atoms with Crippen LogP contribution >= 0.6 is 0 Å². The van der Waals surface area contributed by atoms with Crippen molar-refractivity contribution in [2.45, 2.75) is 89.6 Å². The number of phenols is 1. The van der Waals surface area contributed by atoms with Gasteiger partial charge < -0.3 is 40.6 Å². The summed E-state index contributed by atoms with van der Waals surface area (Å²) in [5.41, 5.74) is 3.77. The van der Waals surface area contributed by atoms with Crippen LogP contribution in [0, 0.1) is 23.2 Å². The molecule has 16 heteroatoms. The number of hydrogen-bond acceptors (Lipinski definition) is 9. The molecule has 0 aliphatic heterocycles. The number of carbonyl (C=O) groups excluding carboxylic acids is 4. The summed E-state index contributed by atoms with van der Waals surface area (Å²) in [6, 6.07) is 8.86. The molecular weight excluding hydrogens is 765 g/mol. The highest BCUT2D eigenvalue weighted by atomic mass is 32.2. The van der Waals surface area contributed by atoms with Crippen molar-refractivity contribution in [2.75, 3.05) is 36.6 Å². The Bertz CT molecular complexity index is 2110. The van der Waals surface area contributed by atoms with Crippen molar-refractivity contribution >= 4 is 45.1 Å². The van der Waals surface area contributed by atoms with Crippen LogP contribution in [0.4, 0.5) is 11.4 Å². The molecule has 3 aliphatic carbocycles. The van der Waals surface area contributed by atoms with Gasteiger partial charge in [-0.3, -0.25) is 23.4 Å². The second kappa shape index (κ2) is 18.1. The van der Waals surface area contributed by atoms with E-state index in [4.69, 9.17) is 0 Å². The number of aromatic nitrogens is 2. The number of benzene rings is 1. The Balaban J connectivity index is 0.900. The fraction of sp³-hybridized carbons (Fsp3) is 0.571. The Morgan fingerprint density at radius 2 is 1.57 bits per heavy atom. The lowest BCUT2D eigenvalue weighted by Gasteiger charge is -2.53. The molecular formula is C42H58N6O9S. The Kier molecular flexibility index (Phi) is 13.4. The summed E-state index contributed by atoms with van der Waals surface area (Å²) in [6.45, 7) is 2.61. The maximum Gasteiger partial charge on any atom is 0.272 e. The molecule has 0 bridgehead atoms. The highest BCUT2D eigenvalue weighted by Crippen LogP contribution is 2.62. The van der Waals surface area contributed by atoms with E-state index in [1.165, 1.54) is 38.6 Å². The van der Waals surface area contributed by atoms with Gasteiger partial charge in [-0.25, -0.2) is 0 Å². The summed E-state index contributed by atoms with van der Waals surface area (Å²) in [5, 5.41) is 32.0. The number of nitrogens with one attached hydrogen (secondary N) is 4. The number of carbonyl (C=O) groups is 4. The SMILES string of the molecule is COS(=O)(=O)CCC(=O)Nc1cc(C(=O)Nc2cc(C(=O)NCC(=O)NCCCCCC[C@@H]3Cc4cc(O)ccc4[C@H]4CC[C@]5(C)[C@@H](O)CC[C@H]5[C@H]34)n(C)c2)n(C)c1. The largest absolute Gasteiger partial charge is 0.508 e. The third-order valence-electron chi connectivity index (χ3n) is 12.9. The molecule has 0 spiro atoms. The van der Waals surface area contributed by atoms with Crippen LogP contribution in [0.1, 0.15) is 109 Å². The lowest BCUT2D eigenvalue weighted by Crippen LogP contribution is -2.47. The van der Waals surface area contributed by atoms with Gasteiger partial charge in [0, 0.05) is 39.5 Å². The number of hydrogen-bond donors (Lipinski definition) is 6. The molecule has 6 atom stereocenters. The number of aromatic hydroxyl groups is 1. The number of amides is 4. The zero-order valence-electron chi connectivity index (χ0n) is 33.9. The quantitative estimate of drug-likeness (QED) is 0.0832. The molecule has 2 saturated carbocycles. The van der Waals surface area contributed by atoms with Crippen molar-refractivity contribution < 1.29 is 42.0 Å². The Morgan fingerprint density at radius 1 is 0.879 bits per heavy atom. The van der Waals surface area contributed by atoms with E-state index in [-0.39, 0.29) is 41.8 Å². The minimum atomic E-state index is -3.79. The second-order valence-corrected chi connectivity index (χ2v) is 18.5. The van der Waals surface area contributed by atoms with Crippen LogP contribution in [0.2, 0.25) is 0 Å². The number of fused-ring (bicyclic) bond motifs is 5. The molecule has 2 fully saturated rings. The maximum atomic E-state index is 13.0. The van der Waals surface area contributed by atoms with Gasteiger partial charge >= 0.3 is 0 Å². The minimum Gasteiger partial charge on any atom is -0.508 e. The third kappa shape index (κ3) is 9.78. The number of rotatable bonds is 17. The number of anilines is 2. The van der Waals surface area contributed by atoms with Gasteiger partial charge in [-0.05, 0) is 109 Å². The highest BCUT2D eigenvalue weighted by molar-refractivity contribution is 7.86. The van der Waals surface area contributed by atoms with E-state index in [1.807, 2.05) is 12.1 Å². The number of nitrogens with zero attached hydrogens (tertiary/aromatic N) is 2. The number of unbranched alkanes of at least 4 members (excludes halogenated alkanes) is 3. The Labute approximate surface area is 340 Å². The monoisotopic (exact) mass is 822 g/mol. The second-order valence-electron chi connectivity index (χ2n) is 16.6. The predicted octanol–water partition coefficient (Wildman–Crippen LogP) is 4.57. The van der Waals surface area contributed by atoms with E-state index in [1.54, 1.807) is 20.3 Å². The van der Waals surface area contributed by atoms with Crippen LogP contribution < -0.4 is 21.3 Å². The molecule has 6 rings (SSSR count). The molecule has 1 aromatic carbocycles. The van der Waals surface area contributed by atoms with E-state index < -0.39 is 33.6 Å². The number of aliphatic hydroxyl groups excluding tert-OH is 1. The first-order valence-electron chi connectivity index (χ1n) is 20.4. The van der Waals surface area contributed by atoms with Gasteiger partial charge in [0.05, 0.1) is 36.9 Å². The van der Waals surface area contributed by atoms with E-state index >= 15 is 0 Å². The van der Waals surface area contributed by atoms with E-state index in [9.17, 15) is 37.8 Å². The minimum absolute atomic E-state index is 0.00501. The van der Waals surface area contributed by atoms with Crippen LogP contribution in [0.3, 0.4) is 0 Å². The first-order valence-corrected chi connectivity index (χ1v) is 21.9. The van der Waals surface area contributed by atoms with Gasteiger partial charge in [-0.15, -0.1) is 0 Å². The average Bonchev–Trinajstić information content (AvgIpc) is 3.84. The normalized spacial score (nSPS) is 23.6. The van der Waals surface area contributed by atoms with Gasteiger partial charge in [0.1, 0.15) is 17.1 Å². The van der Waals surface area contributed by atoms with Crippen LogP contribution in [-0.4, -0.2) is 83.4 Å². The van der Waals surface area contributed by atoms with Crippen molar-refractivity contribution in [3.63, 3.8) is 0 Å². The Morgan fingerprint density at radius 3 is 2.29 bits per heavy atom. The van der Waals surface area contributed by atoms with Gasteiger partial charge in [0.15, 0.2) is 0 Å². The van der Waals surface area contributed by atoms with Crippen LogP contribution in [0.5, 0.6) is 5.75 Å². The molecule has 3 aliphatic rings. The molecule has 316 valence electrons. The van der Waals surface area contributed by atoms with E-state index in [2.05, 4.69) is 38.4 Å². The summed E-state index contributed by atoms with van der Waals surface area (Å²) in [5.74, 6) is 0.105. The molecule has 58 heavy (non-hydrogen) atoms. The molecule has 0 unspecified atom stereocenters. The fourth-order valence-corrected chi connectivity index (χ4v) is 10.5. The summed E-state index contributed by atoms with van der Waals surface area (Å²) in [7, 11) is 0.495. The summed E-state index contributed by atoms with van der Waals surface area (Å²) >= 11 is 0. The average molecular weight is 823 g/mol. The van der Waals surface area contributed by atoms with E-state index in [0.29, 0.717) is 47.3 Å². The number of aliphatic hydroxyl groups is 1. The molecule has 0 saturated heterocycles. The first-order chi connectivity index (χ1) is 27.6. The molecule has 4 amide bonds.